The quantitative estimate of drug-likeness (QED) is 0.594. The standard InChI is InChI=1S/C28H40O5/c1-16-9-10-21-27(6,13-12-23-28(21,7)14-11-22(33-23)26(4,5)30)20(16)15-19-24(29)17(2)18(3)32-25(19)31-8/h11,20-21,23,30H,1,9-10,12-15H2,2-8H3/t20-,21+,23+,27+,28+/m0/s1. The van der Waals surface area contributed by atoms with Crippen LogP contribution in [0, 0.1) is 36.5 Å². The van der Waals surface area contributed by atoms with Crippen LogP contribution in [0.1, 0.15) is 76.7 Å². The molecule has 4 rings (SSSR count). The molecule has 0 radical (unpaired) electrons. The minimum atomic E-state index is -0.959. The monoisotopic (exact) mass is 456 g/mol. The van der Waals surface area contributed by atoms with Gasteiger partial charge in [-0.1, -0.05) is 26.0 Å². The van der Waals surface area contributed by atoms with Gasteiger partial charge in [-0.25, -0.2) is 0 Å². The zero-order chi connectivity index (χ0) is 24.3. The number of ether oxygens (including phenoxy) is 2. The first-order chi connectivity index (χ1) is 15.3. The zero-order valence-electron chi connectivity index (χ0n) is 21.3. The lowest BCUT2D eigenvalue weighted by molar-refractivity contribution is -0.160. The van der Waals surface area contributed by atoms with Gasteiger partial charge in [0.15, 0.2) is 5.43 Å². The van der Waals surface area contributed by atoms with Crippen molar-refractivity contribution in [3.8, 4) is 5.95 Å². The Bertz CT molecular complexity index is 1040. The normalized spacial score (nSPS) is 34.1. The van der Waals surface area contributed by atoms with Crippen molar-refractivity contribution < 1.29 is 19.0 Å². The predicted octanol–water partition coefficient (Wildman–Crippen LogP) is 5.64. The second-order valence-corrected chi connectivity index (χ2v) is 11.6. The maximum Gasteiger partial charge on any atom is 0.291 e. The highest BCUT2D eigenvalue weighted by Crippen LogP contribution is 2.64. The summed E-state index contributed by atoms with van der Waals surface area (Å²) in [6, 6.07) is 0. The molecule has 33 heavy (non-hydrogen) atoms. The third kappa shape index (κ3) is 3.77. The third-order valence-corrected chi connectivity index (χ3v) is 9.14. The average Bonchev–Trinajstić information content (AvgIpc) is 2.74. The van der Waals surface area contributed by atoms with Gasteiger partial charge in [-0.05, 0) is 89.5 Å². The third-order valence-electron chi connectivity index (χ3n) is 9.14. The molecule has 0 bridgehead atoms. The average molecular weight is 457 g/mol. The Morgan fingerprint density at radius 1 is 1.24 bits per heavy atom. The summed E-state index contributed by atoms with van der Waals surface area (Å²) in [6.07, 6.45) is 7.63. The van der Waals surface area contributed by atoms with Crippen LogP contribution in [0.5, 0.6) is 5.95 Å². The molecule has 1 aromatic rings. The highest BCUT2D eigenvalue weighted by molar-refractivity contribution is 5.33. The minimum Gasteiger partial charge on any atom is -0.491 e. The summed E-state index contributed by atoms with van der Waals surface area (Å²) in [5.41, 5.74) is 1.55. The van der Waals surface area contributed by atoms with Crippen molar-refractivity contribution >= 4 is 0 Å². The summed E-state index contributed by atoms with van der Waals surface area (Å²) in [6.45, 7) is 16.4. The molecule has 3 aliphatic rings. The molecule has 1 aromatic heterocycles. The van der Waals surface area contributed by atoms with Gasteiger partial charge in [-0.15, -0.1) is 0 Å². The van der Waals surface area contributed by atoms with Crippen LogP contribution in [-0.4, -0.2) is 23.9 Å². The van der Waals surface area contributed by atoms with E-state index in [1.54, 1.807) is 27.9 Å². The lowest BCUT2D eigenvalue weighted by Gasteiger charge is -2.62. The minimum absolute atomic E-state index is 0.000259. The van der Waals surface area contributed by atoms with Crippen LogP contribution < -0.4 is 10.2 Å². The Balaban J connectivity index is 1.72. The molecule has 2 saturated carbocycles. The van der Waals surface area contributed by atoms with Crippen LogP contribution in [0.4, 0.5) is 0 Å². The number of aliphatic hydroxyl groups is 1. The van der Waals surface area contributed by atoms with E-state index in [0.29, 0.717) is 40.9 Å². The molecule has 2 aliphatic carbocycles. The second kappa shape index (κ2) is 8.04. The molecule has 1 N–H and O–H groups in total. The highest BCUT2D eigenvalue weighted by Gasteiger charge is 2.59. The fourth-order valence-electron chi connectivity index (χ4n) is 7.02. The predicted molar refractivity (Wildman–Crippen MR) is 129 cm³/mol. The van der Waals surface area contributed by atoms with Crippen LogP contribution in [0.3, 0.4) is 0 Å². The van der Waals surface area contributed by atoms with Crippen molar-refractivity contribution in [3.05, 3.63) is 51.1 Å². The van der Waals surface area contributed by atoms with Gasteiger partial charge in [-0.3, -0.25) is 4.79 Å². The molecule has 182 valence electrons. The molecule has 5 atom stereocenters. The van der Waals surface area contributed by atoms with Gasteiger partial charge >= 0.3 is 0 Å². The van der Waals surface area contributed by atoms with E-state index in [-0.39, 0.29) is 28.3 Å². The van der Waals surface area contributed by atoms with E-state index in [1.807, 2.05) is 6.92 Å². The van der Waals surface area contributed by atoms with E-state index in [9.17, 15) is 9.90 Å². The SMILES string of the molecule is C=C1CC[C@@H]2[C@](C)(CC[C@H]3OC(C(C)(C)O)=CC[C@]23C)[C@H]1Cc1c(OC)oc(C)c(C)c1=O. The van der Waals surface area contributed by atoms with Crippen LogP contribution in [0.15, 0.2) is 33.2 Å². The van der Waals surface area contributed by atoms with Crippen LogP contribution in [-0.2, 0) is 11.2 Å². The number of hydrogen-bond donors (Lipinski definition) is 1. The number of fused-ring (bicyclic) bond motifs is 3. The van der Waals surface area contributed by atoms with Gasteiger partial charge in [-0.2, -0.15) is 0 Å². The summed E-state index contributed by atoms with van der Waals surface area (Å²) in [7, 11) is 1.56. The van der Waals surface area contributed by atoms with Crippen LogP contribution in [0.25, 0.3) is 0 Å². The first-order valence-electron chi connectivity index (χ1n) is 12.3. The first kappa shape index (κ1) is 24.1. The van der Waals surface area contributed by atoms with E-state index in [1.165, 1.54) is 5.57 Å². The molecule has 5 heteroatoms. The Kier molecular flexibility index (Phi) is 5.88. The molecule has 1 aliphatic heterocycles. The molecule has 2 heterocycles. The van der Waals surface area contributed by atoms with Crippen LogP contribution >= 0.6 is 0 Å². The van der Waals surface area contributed by atoms with Gasteiger partial charge in [0, 0.05) is 11.0 Å². The maximum absolute atomic E-state index is 13.2. The second-order valence-electron chi connectivity index (χ2n) is 11.6. The van der Waals surface area contributed by atoms with Gasteiger partial charge in [0.1, 0.15) is 23.2 Å². The molecule has 0 unspecified atom stereocenters. The Morgan fingerprint density at radius 3 is 2.58 bits per heavy atom. The molecule has 0 spiro atoms. The van der Waals surface area contributed by atoms with E-state index in [2.05, 4.69) is 26.5 Å². The van der Waals surface area contributed by atoms with Crippen LogP contribution in [0.2, 0.25) is 0 Å². The van der Waals surface area contributed by atoms with E-state index >= 15 is 0 Å². The van der Waals surface area contributed by atoms with E-state index in [4.69, 9.17) is 13.9 Å². The molecule has 5 nitrogen and oxygen atoms in total. The van der Waals surface area contributed by atoms with Crippen molar-refractivity contribution in [2.75, 3.05) is 7.11 Å². The van der Waals surface area contributed by atoms with Crippen molar-refractivity contribution in [2.45, 2.75) is 91.8 Å². The molecule has 0 amide bonds. The first-order valence-corrected chi connectivity index (χ1v) is 12.3. The van der Waals surface area contributed by atoms with Gasteiger partial charge < -0.3 is 19.0 Å². The summed E-state index contributed by atoms with van der Waals surface area (Å²) in [5.74, 6) is 2.24. The smallest absolute Gasteiger partial charge is 0.291 e. The fraction of sp³-hybridized carbons (Fsp3) is 0.679. The van der Waals surface area contributed by atoms with Crippen molar-refractivity contribution in [3.63, 3.8) is 0 Å². The van der Waals surface area contributed by atoms with Gasteiger partial charge in [0.2, 0.25) is 0 Å². The summed E-state index contributed by atoms with van der Waals surface area (Å²) in [4.78, 5) is 13.2. The number of hydrogen-bond acceptors (Lipinski definition) is 5. The maximum atomic E-state index is 13.2. The largest absolute Gasteiger partial charge is 0.491 e. The number of allylic oxidation sites excluding steroid dienone is 2. The van der Waals surface area contributed by atoms with E-state index in [0.717, 1.165) is 32.1 Å². The molecule has 0 saturated heterocycles. The Hall–Kier alpha value is -2.01. The van der Waals surface area contributed by atoms with Gasteiger partial charge in [0.25, 0.3) is 5.95 Å². The summed E-state index contributed by atoms with van der Waals surface area (Å²) in [5, 5.41) is 10.5. The Morgan fingerprint density at radius 2 is 1.94 bits per heavy atom. The number of rotatable bonds is 4. The zero-order valence-corrected chi connectivity index (χ0v) is 21.3. The lowest BCUT2D eigenvalue weighted by atomic mass is 9.45. The summed E-state index contributed by atoms with van der Waals surface area (Å²) < 4.78 is 17.8. The number of methoxy groups -OCH3 is 1. The van der Waals surface area contributed by atoms with Crippen molar-refractivity contribution in [1.82, 2.24) is 0 Å². The molecular weight excluding hydrogens is 416 g/mol. The topological polar surface area (TPSA) is 68.9 Å². The molecule has 0 aromatic carbocycles. The van der Waals surface area contributed by atoms with Crippen molar-refractivity contribution in [1.29, 1.82) is 0 Å². The Labute approximate surface area is 197 Å². The van der Waals surface area contributed by atoms with Gasteiger partial charge in [0.05, 0.1) is 12.7 Å². The van der Waals surface area contributed by atoms with E-state index < -0.39 is 5.60 Å². The number of aryl methyl sites for hydroxylation is 1. The molecular formula is C28H40O5. The summed E-state index contributed by atoms with van der Waals surface area (Å²) >= 11 is 0. The van der Waals surface area contributed by atoms with Crippen molar-refractivity contribution in [2.24, 2.45) is 22.7 Å². The highest BCUT2D eigenvalue weighted by atomic mass is 16.6. The fourth-order valence-corrected chi connectivity index (χ4v) is 7.02. The molecule has 2 fully saturated rings. The lowest BCUT2D eigenvalue weighted by Crippen LogP contribution is -2.58.